The summed E-state index contributed by atoms with van der Waals surface area (Å²) < 4.78 is 10.6. The van der Waals surface area contributed by atoms with Crippen LogP contribution >= 0.6 is 0 Å². The van der Waals surface area contributed by atoms with Gasteiger partial charge in [-0.25, -0.2) is 4.79 Å². The summed E-state index contributed by atoms with van der Waals surface area (Å²) in [6, 6.07) is 0. The highest BCUT2D eigenvalue weighted by Gasteiger charge is 2.59. The van der Waals surface area contributed by atoms with Crippen molar-refractivity contribution in [3.8, 4) is 0 Å². The summed E-state index contributed by atoms with van der Waals surface area (Å²) in [7, 11) is 1.70. The van der Waals surface area contributed by atoms with Crippen LogP contribution in [0.2, 0.25) is 0 Å². The fourth-order valence-corrected chi connectivity index (χ4v) is 3.82. The van der Waals surface area contributed by atoms with E-state index in [9.17, 15) is 9.90 Å². The standard InChI is InChI=1S/C15H27NO4/c1-13(2,3)20-12(18)16-9-14(5-6-19-4)7-15(8-14,10-16)11-17/h17H,5-11H2,1-4H3. The van der Waals surface area contributed by atoms with Gasteiger partial charge in [0.2, 0.25) is 0 Å². The summed E-state index contributed by atoms with van der Waals surface area (Å²) >= 11 is 0. The Balaban J connectivity index is 2.03. The lowest BCUT2D eigenvalue weighted by atomic mass is 9.49. The quantitative estimate of drug-likeness (QED) is 0.858. The van der Waals surface area contributed by atoms with E-state index in [0.29, 0.717) is 19.7 Å². The first kappa shape index (κ1) is 15.6. The van der Waals surface area contributed by atoms with Crippen LogP contribution in [0.3, 0.4) is 0 Å². The fourth-order valence-electron chi connectivity index (χ4n) is 3.82. The Morgan fingerprint density at radius 2 is 1.85 bits per heavy atom. The van der Waals surface area contributed by atoms with Gasteiger partial charge in [-0.2, -0.15) is 0 Å². The molecule has 0 aromatic carbocycles. The summed E-state index contributed by atoms with van der Waals surface area (Å²) in [6.45, 7) is 7.78. The van der Waals surface area contributed by atoms with Crippen LogP contribution in [0, 0.1) is 10.8 Å². The average Bonchev–Trinajstić information content (AvgIpc) is 2.33. The fraction of sp³-hybridized carbons (Fsp3) is 0.933. The largest absolute Gasteiger partial charge is 0.444 e. The van der Waals surface area contributed by atoms with Crippen LogP contribution in [0.25, 0.3) is 0 Å². The van der Waals surface area contributed by atoms with Crippen molar-refractivity contribution in [2.45, 2.75) is 45.6 Å². The van der Waals surface area contributed by atoms with E-state index in [1.54, 1.807) is 12.0 Å². The predicted molar refractivity (Wildman–Crippen MR) is 75.5 cm³/mol. The molecule has 1 saturated carbocycles. The van der Waals surface area contributed by atoms with Crippen molar-refractivity contribution in [1.29, 1.82) is 0 Å². The number of hydrogen-bond donors (Lipinski definition) is 1. The van der Waals surface area contributed by atoms with Gasteiger partial charge in [0.25, 0.3) is 0 Å². The zero-order valence-corrected chi connectivity index (χ0v) is 13.1. The Bertz CT molecular complexity index is 369. The number of carbonyl (C=O) groups excluding carboxylic acids is 1. The molecule has 0 unspecified atom stereocenters. The molecule has 2 bridgehead atoms. The molecule has 0 atom stereocenters. The molecule has 3 rings (SSSR count). The molecule has 3 fully saturated rings. The molecule has 1 aliphatic carbocycles. The lowest BCUT2D eigenvalue weighted by Crippen LogP contribution is -2.66. The maximum absolute atomic E-state index is 12.2. The van der Waals surface area contributed by atoms with Crippen molar-refractivity contribution in [3.63, 3.8) is 0 Å². The van der Waals surface area contributed by atoms with Gasteiger partial charge in [-0.15, -0.1) is 0 Å². The van der Waals surface area contributed by atoms with Crippen LogP contribution < -0.4 is 0 Å². The predicted octanol–water partition coefficient (Wildman–Crippen LogP) is 2.03. The topological polar surface area (TPSA) is 59.0 Å². The third kappa shape index (κ3) is 3.09. The van der Waals surface area contributed by atoms with E-state index in [4.69, 9.17) is 9.47 Å². The molecule has 0 radical (unpaired) electrons. The smallest absolute Gasteiger partial charge is 0.410 e. The van der Waals surface area contributed by atoms with Gasteiger partial charge >= 0.3 is 6.09 Å². The van der Waals surface area contributed by atoms with Gasteiger partial charge in [0, 0.05) is 32.2 Å². The molecular weight excluding hydrogens is 258 g/mol. The van der Waals surface area contributed by atoms with Crippen LogP contribution in [0.1, 0.15) is 40.0 Å². The molecule has 1 N–H and O–H groups in total. The van der Waals surface area contributed by atoms with Crippen LogP contribution in [-0.4, -0.2) is 55.1 Å². The highest BCUT2D eigenvalue weighted by molar-refractivity contribution is 5.68. The van der Waals surface area contributed by atoms with Crippen molar-refractivity contribution >= 4 is 6.09 Å². The Hall–Kier alpha value is -0.810. The molecule has 20 heavy (non-hydrogen) atoms. The molecule has 5 heteroatoms. The Labute approximate surface area is 121 Å². The summed E-state index contributed by atoms with van der Waals surface area (Å²) in [5, 5.41) is 9.65. The minimum atomic E-state index is -0.481. The number of aliphatic hydroxyl groups excluding tert-OH is 1. The van der Waals surface area contributed by atoms with Crippen molar-refractivity contribution < 1.29 is 19.4 Å². The minimum Gasteiger partial charge on any atom is -0.444 e. The summed E-state index contributed by atoms with van der Waals surface area (Å²) in [6.07, 6.45) is 2.64. The number of rotatable bonds is 4. The first-order valence-electron chi connectivity index (χ1n) is 7.31. The van der Waals surface area contributed by atoms with Gasteiger partial charge in [-0.3, -0.25) is 0 Å². The molecule has 1 amide bonds. The molecule has 2 aliphatic heterocycles. The van der Waals surface area contributed by atoms with Crippen LogP contribution in [-0.2, 0) is 9.47 Å². The minimum absolute atomic E-state index is 0.105. The number of ether oxygens (including phenoxy) is 2. The second-order valence-corrected chi connectivity index (χ2v) is 7.59. The molecular formula is C15H27NO4. The van der Waals surface area contributed by atoms with Gasteiger partial charge in [-0.1, -0.05) is 0 Å². The van der Waals surface area contributed by atoms with Crippen LogP contribution in [0.4, 0.5) is 4.79 Å². The summed E-state index contributed by atoms with van der Waals surface area (Å²) in [5.41, 5.74) is -0.498. The van der Waals surface area contributed by atoms with E-state index in [2.05, 4.69) is 0 Å². The van der Waals surface area contributed by atoms with Gasteiger partial charge in [0.1, 0.15) is 5.60 Å². The zero-order valence-electron chi connectivity index (χ0n) is 13.1. The number of methoxy groups -OCH3 is 1. The molecule has 2 heterocycles. The first-order chi connectivity index (χ1) is 9.23. The van der Waals surface area contributed by atoms with Gasteiger partial charge in [0.15, 0.2) is 0 Å². The second-order valence-electron chi connectivity index (χ2n) is 7.59. The zero-order chi connectivity index (χ0) is 15.0. The first-order valence-corrected chi connectivity index (χ1v) is 7.31. The van der Waals surface area contributed by atoms with Crippen molar-refractivity contribution in [2.75, 3.05) is 33.4 Å². The third-order valence-corrected chi connectivity index (χ3v) is 4.38. The molecule has 5 nitrogen and oxygen atoms in total. The van der Waals surface area contributed by atoms with E-state index in [1.807, 2.05) is 20.8 Å². The molecule has 2 saturated heterocycles. The van der Waals surface area contributed by atoms with Crippen molar-refractivity contribution in [2.24, 2.45) is 10.8 Å². The van der Waals surface area contributed by atoms with E-state index in [-0.39, 0.29) is 23.5 Å². The lowest BCUT2D eigenvalue weighted by molar-refractivity contribution is -0.159. The van der Waals surface area contributed by atoms with Crippen molar-refractivity contribution in [3.05, 3.63) is 0 Å². The van der Waals surface area contributed by atoms with Crippen LogP contribution in [0.15, 0.2) is 0 Å². The normalized spacial score (nSPS) is 32.8. The summed E-state index contributed by atoms with van der Waals surface area (Å²) in [5.74, 6) is 0. The molecule has 116 valence electrons. The number of fused-ring (bicyclic) bond motifs is 2. The maximum Gasteiger partial charge on any atom is 0.410 e. The Kier molecular flexibility index (Phi) is 4.04. The SMILES string of the molecule is COCCC12CN(C(=O)OC(C)(C)C)CC(CO)(C1)C2. The Morgan fingerprint density at radius 1 is 1.25 bits per heavy atom. The highest BCUT2D eigenvalue weighted by atomic mass is 16.6. The van der Waals surface area contributed by atoms with Crippen LogP contribution in [0.5, 0.6) is 0 Å². The summed E-state index contributed by atoms with van der Waals surface area (Å²) in [4.78, 5) is 14.0. The third-order valence-electron chi connectivity index (χ3n) is 4.38. The molecule has 0 aromatic heterocycles. The molecule has 0 spiro atoms. The number of nitrogens with zero attached hydrogens (tertiary/aromatic N) is 1. The second kappa shape index (κ2) is 5.19. The van der Waals surface area contributed by atoms with E-state index < -0.39 is 5.60 Å². The maximum atomic E-state index is 12.2. The van der Waals surface area contributed by atoms with E-state index >= 15 is 0 Å². The van der Waals surface area contributed by atoms with Gasteiger partial charge in [-0.05, 0) is 45.4 Å². The number of piperidine rings is 2. The number of aliphatic hydroxyl groups is 1. The van der Waals surface area contributed by atoms with E-state index in [1.165, 1.54) is 0 Å². The number of carbonyl (C=O) groups is 1. The number of hydrogen-bond acceptors (Lipinski definition) is 4. The monoisotopic (exact) mass is 285 g/mol. The van der Waals surface area contributed by atoms with Gasteiger partial charge in [0.05, 0.1) is 6.61 Å². The average molecular weight is 285 g/mol. The highest BCUT2D eigenvalue weighted by Crippen LogP contribution is 2.60. The lowest BCUT2D eigenvalue weighted by Gasteiger charge is -2.63. The molecule has 3 aliphatic rings. The van der Waals surface area contributed by atoms with Gasteiger partial charge < -0.3 is 19.5 Å². The van der Waals surface area contributed by atoms with Crippen molar-refractivity contribution in [1.82, 2.24) is 4.90 Å². The molecule has 0 aromatic rings. The number of amides is 1. The Morgan fingerprint density at radius 3 is 2.35 bits per heavy atom. The van der Waals surface area contributed by atoms with E-state index in [0.717, 1.165) is 19.3 Å².